The van der Waals surface area contributed by atoms with Gasteiger partial charge < -0.3 is 19.5 Å². The molecule has 0 saturated carbocycles. The fraction of sp³-hybridized carbons (Fsp3) is 0.769. The van der Waals surface area contributed by atoms with Crippen molar-refractivity contribution in [2.24, 2.45) is 0 Å². The molecule has 1 aliphatic rings. The molecule has 112 valence electrons. The minimum absolute atomic E-state index is 0.000843. The van der Waals surface area contributed by atoms with Gasteiger partial charge in [0.15, 0.2) is 0 Å². The van der Waals surface area contributed by atoms with Gasteiger partial charge in [-0.15, -0.1) is 4.98 Å². The quantitative estimate of drug-likeness (QED) is 0.814. The fourth-order valence-corrected chi connectivity index (χ4v) is 1.73. The summed E-state index contributed by atoms with van der Waals surface area (Å²) in [5.41, 5.74) is 0. The van der Waals surface area contributed by atoms with E-state index >= 15 is 0 Å². The van der Waals surface area contributed by atoms with Gasteiger partial charge in [0.2, 0.25) is 5.95 Å². The maximum absolute atomic E-state index is 5.71. The molecule has 0 amide bonds. The largest absolute Gasteiger partial charge is 0.461 e. The second kappa shape index (κ2) is 7.23. The first kappa shape index (κ1) is 14.8. The van der Waals surface area contributed by atoms with Crippen LogP contribution in [0.25, 0.3) is 0 Å². The second-order valence-corrected chi connectivity index (χ2v) is 4.92. The number of aromatic nitrogens is 3. The first-order valence-corrected chi connectivity index (χ1v) is 7.08. The molecule has 1 aliphatic heterocycles. The normalized spacial score (nSPS) is 18.3. The number of anilines is 1. The molecular formula is C13H22N4O3. The van der Waals surface area contributed by atoms with Crippen molar-refractivity contribution in [3.63, 3.8) is 0 Å². The summed E-state index contributed by atoms with van der Waals surface area (Å²) in [7, 11) is 0. The van der Waals surface area contributed by atoms with Gasteiger partial charge in [-0.3, -0.25) is 0 Å². The molecule has 1 aromatic rings. The molecule has 0 aromatic carbocycles. The van der Waals surface area contributed by atoms with Crippen molar-refractivity contribution in [3.8, 4) is 12.0 Å². The summed E-state index contributed by atoms with van der Waals surface area (Å²) >= 11 is 0. The van der Waals surface area contributed by atoms with Gasteiger partial charge in [-0.2, -0.15) is 9.97 Å². The van der Waals surface area contributed by atoms with E-state index in [1.165, 1.54) is 0 Å². The SMILES string of the molecule is CCCNc1nc(OC(C)C)nc(OC2CCOC2)n1. The lowest BCUT2D eigenvalue weighted by molar-refractivity contribution is 0.131. The minimum Gasteiger partial charge on any atom is -0.461 e. The lowest BCUT2D eigenvalue weighted by Crippen LogP contribution is -2.19. The minimum atomic E-state index is -0.000843. The van der Waals surface area contributed by atoms with Crippen LogP contribution in [0.3, 0.4) is 0 Å². The number of hydrogen-bond donors (Lipinski definition) is 1. The van der Waals surface area contributed by atoms with E-state index in [1.54, 1.807) is 0 Å². The van der Waals surface area contributed by atoms with E-state index in [9.17, 15) is 0 Å². The molecule has 1 N–H and O–H groups in total. The van der Waals surface area contributed by atoms with Crippen molar-refractivity contribution in [3.05, 3.63) is 0 Å². The summed E-state index contributed by atoms with van der Waals surface area (Å²) in [6.07, 6.45) is 1.84. The van der Waals surface area contributed by atoms with Gasteiger partial charge in [0.05, 0.1) is 19.3 Å². The summed E-state index contributed by atoms with van der Waals surface area (Å²) < 4.78 is 16.5. The van der Waals surface area contributed by atoms with Gasteiger partial charge in [-0.05, 0) is 20.3 Å². The van der Waals surface area contributed by atoms with Crippen molar-refractivity contribution < 1.29 is 14.2 Å². The standard InChI is InChI=1S/C13H22N4O3/c1-4-6-14-11-15-12(19-9(2)3)17-13(16-11)20-10-5-7-18-8-10/h9-10H,4-8H2,1-3H3,(H,14,15,16,17). The summed E-state index contributed by atoms with van der Waals surface area (Å²) in [6, 6.07) is 0.562. The Morgan fingerprint density at radius 2 is 2.10 bits per heavy atom. The highest BCUT2D eigenvalue weighted by molar-refractivity contribution is 5.27. The van der Waals surface area contributed by atoms with Gasteiger partial charge in [0.1, 0.15) is 6.10 Å². The summed E-state index contributed by atoms with van der Waals surface area (Å²) in [4.78, 5) is 12.7. The maximum atomic E-state index is 5.71. The van der Waals surface area contributed by atoms with Gasteiger partial charge in [-0.1, -0.05) is 6.92 Å². The molecule has 0 bridgehead atoms. The zero-order valence-electron chi connectivity index (χ0n) is 12.3. The molecule has 0 spiro atoms. The van der Waals surface area contributed by atoms with Crippen LogP contribution in [0.5, 0.6) is 12.0 Å². The third kappa shape index (κ3) is 4.48. The Hall–Kier alpha value is -1.63. The third-order valence-electron chi connectivity index (χ3n) is 2.63. The van der Waals surface area contributed by atoms with Crippen LogP contribution in [0.1, 0.15) is 33.6 Å². The van der Waals surface area contributed by atoms with Crippen molar-refractivity contribution in [2.75, 3.05) is 25.1 Å². The average molecular weight is 282 g/mol. The van der Waals surface area contributed by atoms with Crippen LogP contribution in [0.2, 0.25) is 0 Å². The van der Waals surface area contributed by atoms with Crippen LogP contribution in [0, 0.1) is 0 Å². The van der Waals surface area contributed by atoms with E-state index < -0.39 is 0 Å². The predicted octanol–water partition coefficient (Wildman–Crippen LogP) is 1.65. The van der Waals surface area contributed by atoms with Crippen LogP contribution in [-0.2, 0) is 4.74 Å². The van der Waals surface area contributed by atoms with Crippen LogP contribution >= 0.6 is 0 Å². The van der Waals surface area contributed by atoms with Gasteiger partial charge in [0.25, 0.3) is 0 Å². The van der Waals surface area contributed by atoms with Gasteiger partial charge >= 0.3 is 12.0 Å². The molecule has 2 rings (SSSR count). The molecule has 0 aliphatic carbocycles. The summed E-state index contributed by atoms with van der Waals surface area (Å²) in [5.74, 6) is 0.478. The Bertz CT molecular complexity index is 422. The molecule has 1 atom stereocenters. The van der Waals surface area contributed by atoms with Crippen molar-refractivity contribution in [1.29, 1.82) is 0 Å². The van der Waals surface area contributed by atoms with Gasteiger partial charge in [-0.25, -0.2) is 0 Å². The molecule has 1 aromatic heterocycles. The molecule has 2 heterocycles. The zero-order valence-corrected chi connectivity index (χ0v) is 12.3. The number of hydrogen-bond acceptors (Lipinski definition) is 7. The van der Waals surface area contributed by atoms with Gasteiger partial charge in [0, 0.05) is 13.0 Å². The van der Waals surface area contributed by atoms with Crippen LogP contribution in [0.4, 0.5) is 5.95 Å². The van der Waals surface area contributed by atoms with E-state index in [0.29, 0.717) is 19.2 Å². The Labute approximate surface area is 119 Å². The first-order valence-electron chi connectivity index (χ1n) is 7.08. The number of ether oxygens (including phenoxy) is 3. The highest BCUT2D eigenvalue weighted by Crippen LogP contribution is 2.17. The smallest absolute Gasteiger partial charge is 0.324 e. The van der Waals surface area contributed by atoms with E-state index in [2.05, 4.69) is 27.2 Å². The topological polar surface area (TPSA) is 78.4 Å². The number of nitrogens with zero attached hydrogens (tertiary/aromatic N) is 3. The van der Waals surface area contributed by atoms with Crippen LogP contribution in [0.15, 0.2) is 0 Å². The van der Waals surface area contributed by atoms with E-state index in [4.69, 9.17) is 14.2 Å². The zero-order chi connectivity index (χ0) is 14.4. The highest BCUT2D eigenvalue weighted by atomic mass is 16.6. The first-order chi connectivity index (χ1) is 9.67. The fourth-order valence-electron chi connectivity index (χ4n) is 1.73. The Morgan fingerprint density at radius 3 is 2.75 bits per heavy atom. The third-order valence-corrected chi connectivity index (χ3v) is 2.63. The van der Waals surface area contributed by atoms with Crippen LogP contribution < -0.4 is 14.8 Å². The molecule has 0 radical (unpaired) electrons. The second-order valence-electron chi connectivity index (χ2n) is 4.92. The molecular weight excluding hydrogens is 260 g/mol. The highest BCUT2D eigenvalue weighted by Gasteiger charge is 2.20. The van der Waals surface area contributed by atoms with E-state index in [-0.39, 0.29) is 24.2 Å². The molecule has 7 nitrogen and oxygen atoms in total. The Kier molecular flexibility index (Phi) is 5.34. The Balaban J connectivity index is 2.10. The monoisotopic (exact) mass is 282 g/mol. The number of rotatable bonds is 7. The summed E-state index contributed by atoms with van der Waals surface area (Å²) in [6.45, 7) is 8.00. The molecule has 1 unspecified atom stereocenters. The summed E-state index contributed by atoms with van der Waals surface area (Å²) in [5, 5.41) is 3.12. The molecule has 7 heteroatoms. The average Bonchev–Trinajstić information content (AvgIpc) is 2.88. The van der Waals surface area contributed by atoms with Crippen molar-refractivity contribution in [2.45, 2.75) is 45.8 Å². The lowest BCUT2D eigenvalue weighted by Gasteiger charge is -2.13. The molecule has 1 fully saturated rings. The Morgan fingerprint density at radius 1 is 1.30 bits per heavy atom. The molecule has 1 saturated heterocycles. The van der Waals surface area contributed by atoms with Crippen molar-refractivity contribution >= 4 is 5.95 Å². The predicted molar refractivity (Wildman–Crippen MR) is 74.2 cm³/mol. The maximum Gasteiger partial charge on any atom is 0.324 e. The lowest BCUT2D eigenvalue weighted by atomic mass is 10.3. The molecule has 20 heavy (non-hydrogen) atoms. The van der Waals surface area contributed by atoms with Crippen molar-refractivity contribution in [1.82, 2.24) is 15.0 Å². The number of nitrogens with one attached hydrogen (secondary N) is 1. The van der Waals surface area contributed by atoms with E-state index in [0.717, 1.165) is 19.4 Å². The van der Waals surface area contributed by atoms with Crippen LogP contribution in [-0.4, -0.2) is 46.9 Å². The van der Waals surface area contributed by atoms with E-state index in [1.807, 2.05) is 13.8 Å².